The molecule has 0 unspecified atom stereocenters. The molecule has 0 atom stereocenters. The first-order chi connectivity index (χ1) is 7.43. The Morgan fingerprint density at radius 3 is 2.19 bits per heavy atom. The Morgan fingerprint density at radius 2 is 1.88 bits per heavy atom. The fourth-order valence-electron chi connectivity index (χ4n) is 1.80. The second-order valence-electron chi connectivity index (χ2n) is 5.28. The van der Waals surface area contributed by atoms with Gasteiger partial charge in [0.05, 0.1) is 0 Å². The molecule has 1 aliphatic heterocycles. The van der Waals surface area contributed by atoms with Gasteiger partial charge in [-0.3, -0.25) is 4.79 Å². The van der Waals surface area contributed by atoms with Crippen molar-refractivity contribution in [3.05, 3.63) is 11.1 Å². The monoisotopic (exact) mass is 224 g/mol. The maximum Gasteiger partial charge on any atom is 0.249 e. The summed E-state index contributed by atoms with van der Waals surface area (Å²) >= 11 is 0. The lowest BCUT2D eigenvalue weighted by Crippen LogP contribution is -2.43. The van der Waals surface area contributed by atoms with Crippen molar-refractivity contribution in [3.8, 4) is 0 Å². The van der Waals surface area contributed by atoms with E-state index in [4.69, 9.17) is 0 Å². The Balaban J connectivity index is 2.74. The van der Waals surface area contributed by atoms with Gasteiger partial charge in [0.2, 0.25) is 5.91 Å². The average molecular weight is 224 g/mol. The zero-order valence-electron chi connectivity index (χ0n) is 11.1. The minimum absolute atomic E-state index is 0.209. The molecule has 0 bridgehead atoms. The fraction of sp³-hybridized carbons (Fsp3) is 0.769. The molecular formula is C13H24N2O. The van der Waals surface area contributed by atoms with Crippen molar-refractivity contribution in [1.82, 2.24) is 10.2 Å². The standard InChI is InChI=1S/C13H24N2O/c1-9(2)8-15(10(3)4)13(16)11(5)12-6-14-7-12/h9-10,14H,6-8H2,1-5H3. The summed E-state index contributed by atoms with van der Waals surface area (Å²) in [6.07, 6.45) is 0. The third-order valence-corrected chi connectivity index (χ3v) is 2.97. The van der Waals surface area contributed by atoms with Gasteiger partial charge < -0.3 is 10.2 Å². The van der Waals surface area contributed by atoms with Crippen molar-refractivity contribution in [2.24, 2.45) is 5.92 Å². The summed E-state index contributed by atoms with van der Waals surface area (Å²) in [4.78, 5) is 14.3. The highest BCUT2D eigenvalue weighted by Gasteiger charge is 2.23. The Morgan fingerprint density at radius 1 is 1.31 bits per heavy atom. The Bertz CT molecular complexity index is 286. The molecule has 1 heterocycles. The van der Waals surface area contributed by atoms with Gasteiger partial charge in [-0.1, -0.05) is 13.8 Å². The largest absolute Gasteiger partial charge is 0.336 e. The van der Waals surface area contributed by atoms with Crippen molar-refractivity contribution >= 4 is 5.91 Å². The highest BCUT2D eigenvalue weighted by atomic mass is 16.2. The SMILES string of the molecule is CC(C(=O)N(CC(C)C)C(C)C)=C1CNC1. The number of hydrogen-bond donors (Lipinski definition) is 1. The molecule has 1 saturated heterocycles. The summed E-state index contributed by atoms with van der Waals surface area (Å²) in [6, 6.07) is 0.276. The highest BCUT2D eigenvalue weighted by molar-refractivity contribution is 5.94. The van der Waals surface area contributed by atoms with Gasteiger partial charge in [-0.05, 0) is 32.3 Å². The zero-order chi connectivity index (χ0) is 12.3. The van der Waals surface area contributed by atoms with Gasteiger partial charge in [0.25, 0.3) is 0 Å². The van der Waals surface area contributed by atoms with Crippen LogP contribution in [0.2, 0.25) is 0 Å². The van der Waals surface area contributed by atoms with Crippen LogP contribution in [0.25, 0.3) is 0 Å². The van der Waals surface area contributed by atoms with Gasteiger partial charge >= 0.3 is 0 Å². The normalized spacial score (nSPS) is 15.3. The number of rotatable bonds is 4. The Kier molecular flexibility index (Phi) is 4.54. The first-order valence-corrected chi connectivity index (χ1v) is 6.13. The minimum atomic E-state index is 0.209. The number of carbonyl (C=O) groups is 1. The number of carbonyl (C=O) groups excluding carboxylic acids is 1. The molecule has 92 valence electrons. The van der Waals surface area contributed by atoms with Gasteiger partial charge in [0.15, 0.2) is 0 Å². The number of nitrogens with one attached hydrogen (secondary N) is 1. The summed E-state index contributed by atoms with van der Waals surface area (Å²) in [7, 11) is 0. The molecule has 1 rings (SSSR count). The number of nitrogens with zero attached hydrogens (tertiary/aromatic N) is 1. The molecule has 1 amide bonds. The van der Waals surface area contributed by atoms with Crippen LogP contribution in [-0.2, 0) is 4.79 Å². The van der Waals surface area contributed by atoms with Gasteiger partial charge in [0.1, 0.15) is 0 Å². The van der Waals surface area contributed by atoms with Crippen LogP contribution in [0.15, 0.2) is 11.1 Å². The number of amides is 1. The van der Waals surface area contributed by atoms with Crippen LogP contribution < -0.4 is 5.32 Å². The maximum atomic E-state index is 12.3. The second kappa shape index (κ2) is 5.48. The second-order valence-corrected chi connectivity index (χ2v) is 5.28. The zero-order valence-corrected chi connectivity index (χ0v) is 11.1. The van der Waals surface area contributed by atoms with Crippen molar-refractivity contribution in [2.45, 2.75) is 40.7 Å². The smallest absolute Gasteiger partial charge is 0.249 e. The van der Waals surface area contributed by atoms with Gasteiger partial charge in [-0.15, -0.1) is 0 Å². The predicted octanol–water partition coefficient (Wildman–Crippen LogP) is 1.80. The summed E-state index contributed by atoms with van der Waals surface area (Å²) in [6.45, 7) is 13.0. The van der Waals surface area contributed by atoms with Crippen LogP contribution in [0.4, 0.5) is 0 Å². The van der Waals surface area contributed by atoms with E-state index in [1.54, 1.807) is 0 Å². The quantitative estimate of drug-likeness (QED) is 0.739. The van der Waals surface area contributed by atoms with E-state index in [1.807, 2.05) is 11.8 Å². The minimum Gasteiger partial charge on any atom is -0.336 e. The first-order valence-electron chi connectivity index (χ1n) is 6.13. The van der Waals surface area contributed by atoms with Gasteiger partial charge in [-0.2, -0.15) is 0 Å². The maximum absolute atomic E-state index is 12.3. The molecule has 0 aromatic carbocycles. The summed E-state index contributed by atoms with van der Waals surface area (Å²) in [5, 5.41) is 3.18. The molecule has 3 nitrogen and oxygen atoms in total. The van der Waals surface area contributed by atoms with Crippen LogP contribution in [0.3, 0.4) is 0 Å². The molecule has 0 radical (unpaired) electrons. The van der Waals surface area contributed by atoms with Gasteiger partial charge in [-0.25, -0.2) is 0 Å². The molecule has 1 fully saturated rings. The summed E-state index contributed by atoms with van der Waals surface area (Å²) in [5.41, 5.74) is 2.20. The molecule has 0 aromatic rings. The lowest BCUT2D eigenvalue weighted by Gasteiger charge is -2.31. The molecular weight excluding hydrogens is 200 g/mol. The predicted molar refractivity (Wildman–Crippen MR) is 67.3 cm³/mol. The molecule has 1 aliphatic rings. The van der Waals surface area contributed by atoms with E-state index in [0.29, 0.717) is 5.92 Å². The first kappa shape index (κ1) is 13.2. The number of hydrogen-bond acceptors (Lipinski definition) is 2. The summed E-state index contributed by atoms with van der Waals surface area (Å²) in [5.74, 6) is 0.726. The van der Waals surface area contributed by atoms with E-state index < -0.39 is 0 Å². The fourth-order valence-corrected chi connectivity index (χ4v) is 1.80. The van der Waals surface area contributed by atoms with E-state index >= 15 is 0 Å². The van der Waals surface area contributed by atoms with Crippen molar-refractivity contribution in [2.75, 3.05) is 19.6 Å². The van der Waals surface area contributed by atoms with Crippen LogP contribution in [-0.4, -0.2) is 36.5 Å². The lowest BCUT2D eigenvalue weighted by atomic mass is 10.0. The third-order valence-electron chi connectivity index (χ3n) is 2.97. The van der Waals surface area contributed by atoms with Crippen LogP contribution in [0.5, 0.6) is 0 Å². The average Bonchev–Trinajstić information content (AvgIpc) is 2.09. The van der Waals surface area contributed by atoms with Gasteiger partial charge in [0, 0.05) is 31.2 Å². The Hall–Kier alpha value is -0.830. The Labute approximate surface area is 98.9 Å². The molecule has 0 aromatic heterocycles. The van der Waals surface area contributed by atoms with Crippen molar-refractivity contribution in [3.63, 3.8) is 0 Å². The molecule has 1 N–H and O–H groups in total. The molecule has 3 heteroatoms. The molecule has 0 aliphatic carbocycles. The highest BCUT2D eigenvalue weighted by Crippen LogP contribution is 2.15. The molecule has 16 heavy (non-hydrogen) atoms. The van der Waals surface area contributed by atoms with Crippen molar-refractivity contribution in [1.29, 1.82) is 0 Å². The van der Waals surface area contributed by atoms with E-state index in [2.05, 4.69) is 33.0 Å². The van der Waals surface area contributed by atoms with E-state index in [0.717, 1.165) is 25.2 Å². The molecule has 0 spiro atoms. The molecule has 0 saturated carbocycles. The van der Waals surface area contributed by atoms with Crippen LogP contribution >= 0.6 is 0 Å². The third kappa shape index (κ3) is 3.08. The van der Waals surface area contributed by atoms with E-state index in [9.17, 15) is 4.79 Å². The van der Waals surface area contributed by atoms with Crippen molar-refractivity contribution < 1.29 is 4.79 Å². The lowest BCUT2D eigenvalue weighted by molar-refractivity contribution is -0.129. The van der Waals surface area contributed by atoms with Crippen LogP contribution in [0, 0.1) is 5.92 Å². The topological polar surface area (TPSA) is 32.3 Å². The van der Waals surface area contributed by atoms with E-state index in [1.165, 1.54) is 5.57 Å². The van der Waals surface area contributed by atoms with E-state index in [-0.39, 0.29) is 11.9 Å². The van der Waals surface area contributed by atoms with Crippen LogP contribution in [0.1, 0.15) is 34.6 Å². The summed E-state index contributed by atoms with van der Waals surface area (Å²) < 4.78 is 0.